The molecule has 0 aliphatic carbocycles. The highest BCUT2D eigenvalue weighted by Crippen LogP contribution is 2.33. The van der Waals surface area contributed by atoms with Crippen molar-refractivity contribution in [2.24, 2.45) is 0 Å². The molecule has 0 spiro atoms. The lowest BCUT2D eigenvalue weighted by molar-refractivity contribution is -0.394. The van der Waals surface area contributed by atoms with Gasteiger partial charge in [-0.3, -0.25) is 20.2 Å². The van der Waals surface area contributed by atoms with Crippen molar-refractivity contribution in [2.75, 3.05) is 5.32 Å². The number of para-hydroxylation sites is 2. The van der Waals surface area contributed by atoms with Crippen molar-refractivity contribution in [3.05, 3.63) is 98.6 Å². The molecular weight excluding hydrogens is 350 g/mol. The summed E-state index contributed by atoms with van der Waals surface area (Å²) < 4.78 is 0. The lowest BCUT2D eigenvalue weighted by Crippen LogP contribution is -1.94. The Hall–Kier alpha value is -3.94. The van der Waals surface area contributed by atoms with Gasteiger partial charge in [0.1, 0.15) is 0 Å². The number of aromatic hydroxyl groups is 1. The predicted molar refractivity (Wildman–Crippen MR) is 102 cm³/mol. The van der Waals surface area contributed by atoms with Crippen LogP contribution in [-0.4, -0.2) is 15.0 Å². The van der Waals surface area contributed by atoms with Gasteiger partial charge in [-0.2, -0.15) is 0 Å². The second-order valence-corrected chi connectivity index (χ2v) is 5.50. The number of phenols is 1. The van der Waals surface area contributed by atoms with Gasteiger partial charge >= 0.3 is 5.69 Å². The summed E-state index contributed by atoms with van der Waals surface area (Å²) >= 11 is 0. The molecule has 0 unspecified atom stereocenters. The zero-order valence-corrected chi connectivity index (χ0v) is 14.4. The molecule has 8 nitrogen and oxygen atoms in total. The normalized spacial score (nSPS) is 9.67. The number of hydrogen-bond donors (Lipinski definition) is 2. The SMILES string of the molecule is Cc1cc([N+](=O)[O-])cc([N+](=O)[O-])c1O.c1ccc(Nc2ccccc2)cc1. The van der Waals surface area contributed by atoms with Gasteiger partial charge in [0.2, 0.25) is 0 Å². The first-order valence-electron chi connectivity index (χ1n) is 7.88. The summed E-state index contributed by atoms with van der Waals surface area (Å²) in [7, 11) is 0. The van der Waals surface area contributed by atoms with Gasteiger partial charge in [-0.1, -0.05) is 36.4 Å². The summed E-state index contributed by atoms with van der Waals surface area (Å²) in [4.78, 5) is 19.1. The van der Waals surface area contributed by atoms with Crippen LogP contribution in [0.25, 0.3) is 0 Å². The van der Waals surface area contributed by atoms with Gasteiger partial charge in [0, 0.05) is 23.0 Å². The monoisotopic (exact) mass is 367 g/mol. The molecule has 3 aromatic rings. The topological polar surface area (TPSA) is 119 Å². The van der Waals surface area contributed by atoms with Gasteiger partial charge in [0.05, 0.1) is 15.9 Å². The number of nitrogens with one attached hydrogen (secondary N) is 1. The van der Waals surface area contributed by atoms with E-state index in [1.807, 2.05) is 60.7 Å². The smallest absolute Gasteiger partial charge is 0.317 e. The van der Waals surface area contributed by atoms with Crippen LogP contribution in [0.5, 0.6) is 5.75 Å². The molecule has 0 saturated heterocycles. The maximum absolute atomic E-state index is 10.4. The molecule has 0 atom stereocenters. The van der Waals surface area contributed by atoms with E-state index in [0.717, 1.165) is 23.5 Å². The fourth-order valence-electron chi connectivity index (χ4n) is 2.20. The minimum atomic E-state index is -0.866. The number of anilines is 2. The summed E-state index contributed by atoms with van der Waals surface area (Å²) in [6, 6.07) is 22.1. The standard InChI is InChI=1S/C12H11N.C7H6N2O5/c1-3-7-11(8-4-1)13-12-9-5-2-6-10-12;1-4-2-5(8(11)12)3-6(7(4)10)9(13)14/h1-10,13H;2-3,10H,1H3. The molecule has 0 fully saturated rings. The molecule has 2 N–H and O–H groups in total. The number of hydrogen-bond acceptors (Lipinski definition) is 6. The second-order valence-electron chi connectivity index (χ2n) is 5.50. The molecule has 0 aliphatic heterocycles. The zero-order valence-electron chi connectivity index (χ0n) is 14.4. The molecule has 8 heteroatoms. The van der Waals surface area contributed by atoms with E-state index >= 15 is 0 Å². The fourth-order valence-corrected chi connectivity index (χ4v) is 2.20. The summed E-state index contributed by atoms with van der Waals surface area (Å²) in [6.07, 6.45) is 0. The van der Waals surface area contributed by atoms with Crippen LogP contribution in [0.1, 0.15) is 5.56 Å². The fraction of sp³-hybridized carbons (Fsp3) is 0.0526. The zero-order chi connectivity index (χ0) is 19.8. The summed E-state index contributed by atoms with van der Waals surface area (Å²) in [5, 5.41) is 33.2. The molecular formula is C19H17N3O5. The van der Waals surface area contributed by atoms with Crippen molar-refractivity contribution in [1.82, 2.24) is 0 Å². The van der Waals surface area contributed by atoms with Crippen molar-refractivity contribution in [3.8, 4) is 5.75 Å². The van der Waals surface area contributed by atoms with Crippen molar-refractivity contribution < 1.29 is 15.0 Å². The average Bonchev–Trinajstić information content (AvgIpc) is 2.65. The molecule has 3 rings (SSSR count). The van der Waals surface area contributed by atoms with Crippen LogP contribution >= 0.6 is 0 Å². The van der Waals surface area contributed by atoms with Crippen molar-refractivity contribution in [2.45, 2.75) is 6.92 Å². The third-order valence-corrected chi connectivity index (χ3v) is 3.51. The van der Waals surface area contributed by atoms with Gasteiger partial charge in [-0.05, 0) is 31.2 Å². The van der Waals surface area contributed by atoms with E-state index in [2.05, 4.69) is 5.32 Å². The van der Waals surface area contributed by atoms with Crippen LogP contribution in [-0.2, 0) is 0 Å². The number of nitrogens with zero attached hydrogens (tertiary/aromatic N) is 2. The molecule has 0 bridgehead atoms. The van der Waals surface area contributed by atoms with E-state index in [1.54, 1.807) is 0 Å². The minimum Gasteiger partial charge on any atom is -0.502 e. The molecule has 3 aromatic carbocycles. The number of nitro groups is 2. The van der Waals surface area contributed by atoms with Gasteiger partial charge in [-0.25, -0.2) is 0 Å². The Balaban J connectivity index is 0.000000194. The minimum absolute atomic E-state index is 0.103. The molecule has 0 heterocycles. The Morgan fingerprint density at radius 3 is 1.70 bits per heavy atom. The number of aryl methyl sites for hydroxylation is 1. The number of non-ortho nitro benzene ring substituents is 1. The van der Waals surface area contributed by atoms with Crippen molar-refractivity contribution >= 4 is 22.7 Å². The van der Waals surface area contributed by atoms with E-state index in [0.29, 0.717) is 0 Å². The molecule has 0 aliphatic rings. The van der Waals surface area contributed by atoms with Crippen molar-refractivity contribution in [3.63, 3.8) is 0 Å². The number of phenolic OH excluding ortho intramolecular Hbond substituents is 1. The lowest BCUT2D eigenvalue weighted by atomic mass is 10.1. The van der Waals surface area contributed by atoms with Crippen LogP contribution in [0, 0.1) is 27.2 Å². The van der Waals surface area contributed by atoms with E-state index in [-0.39, 0.29) is 5.56 Å². The first-order chi connectivity index (χ1) is 12.9. The third-order valence-electron chi connectivity index (χ3n) is 3.51. The molecule has 138 valence electrons. The van der Waals surface area contributed by atoms with Crippen LogP contribution < -0.4 is 5.32 Å². The summed E-state index contributed by atoms with van der Waals surface area (Å²) in [6.45, 7) is 1.36. The van der Waals surface area contributed by atoms with Gasteiger partial charge in [-0.15, -0.1) is 0 Å². The highest BCUT2D eigenvalue weighted by atomic mass is 16.6. The third kappa shape index (κ3) is 5.53. The molecule has 0 radical (unpaired) electrons. The number of benzene rings is 3. The first-order valence-corrected chi connectivity index (χ1v) is 7.88. The Bertz CT molecular complexity index is 893. The first kappa shape index (κ1) is 19.4. The van der Waals surface area contributed by atoms with Gasteiger partial charge < -0.3 is 10.4 Å². The van der Waals surface area contributed by atoms with Crippen molar-refractivity contribution in [1.29, 1.82) is 0 Å². The van der Waals surface area contributed by atoms with Crippen LogP contribution in [0.15, 0.2) is 72.8 Å². The maximum atomic E-state index is 10.4. The van der Waals surface area contributed by atoms with Crippen LogP contribution in [0.4, 0.5) is 22.7 Å². The Morgan fingerprint density at radius 1 is 0.815 bits per heavy atom. The predicted octanol–water partition coefficient (Wildman–Crippen LogP) is 4.95. The largest absolute Gasteiger partial charge is 0.502 e. The maximum Gasteiger partial charge on any atom is 0.317 e. The average molecular weight is 367 g/mol. The van der Waals surface area contributed by atoms with Crippen LogP contribution in [0.2, 0.25) is 0 Å². The highest BCUT2D eigenvalue weighted by molar-refractivity contribution is 5.59. The second kappa shape index (κ2) is 8.95. The summed E-state index contributed by atoms with van der Waals surface area (Å²) in [5.41, 5.74) is 1.28. The van der Waals surface area contributed by atoms with E-state index in [9.17, 15) is 25.3 Å². The molecule has 0 aromatic heterocycles. The van der Waals surface area contributed by atoms with E-state index in [1.165, 1.54) is 6.92 Å². The number of rotatable bonds is 4. The van der Waals surface area contributed by atoms with Gasteiger partial charge in [0.15, 0.2) is 5.75 Å². The highest BCUT2D eigenvalue weighted by Gasteiger charge is 2.21. The Labute approximate surface area is 155 Å². The summed E-state index contributed by atoms with van der Waals surface area (Å²) in [5.74, 6) is -0.541. The van der Waals surface area contributed by atoms with E-state index in [4.69, 9.17) is 0 Å². The molecule has 0 amide bonds. The lowest BCUT2D eigenvalue weighted by Gasteiger charge is -2.04. The molecule has 0 saturated carbocycles. The Morgan fingerprint density at radius 2 is 1.30 bits per heavy atom. The van der Waals surface area contributed by atoms with Crippen LogP contribution in [0.3, 0.4) is 0 Å². The quantitative estimate of drug-likeness (QED) is 0.497. The Kier molecular flexibility index (Phi) is 6.43. The van der Waals surface area contributed by atoms with Gasteiger partial charge in [0.25, 0.3) is 5.69 Å². The van der Waals surface area contributed by atoms with E-state index < -0.39 is 27.0 Å². The number of nitro benzene ring substituents is 2. The molecule has 27 heavy (non-hydrogen) atoms.